The molecule has 0 atom stereocenters. The van der Waals surface area contributed by atoms with Gasteiger partial charge in [0.2, 0.25) is 5.89 Å². The molecule has 0 unspecified atom stereocenters. The highest BCUT2D eigenvalue weighted by Crippen LogP contribution is 2.25. The average Bonchev–Trinajstić information content (AvgIpc) is 3.04. The van der Waals surface area contributed by atoms with Crippen LogP contribution in [0.15, 0.2) is 4.42 Å². The Labute approximate surface area is 116 Å². The van der Waals surface area contributed by atoms with Gasteiger partial charge in [0.25, 0.3) is 5.89 Å². The summed E-state index contributed by atoms with van der Waals surface area (Å²) in [5, 5.41) is 15.6. The Balaban J connectivity index is 1.98. The van der Waals surface area contributed by atoms with Gasteiger partial charge in [0.15, 0.2) is 0 Å². The maximum absolute atomic E-state index is 5.68. The van der Waals surface area contributed by atoms with Crippen molar-refractivity contribution in [2.45, 2.75) is 39.5 Å². The van der Waals surface area contributed by atoms with E-state index < -0.39 is 0 Å². The molecule has 2 aromatic rings. The molecule has 0 aliphatic rings. The van der Waals surface area contributed by atoms with Gasteiger partial charge in [-0.05, 0) is 37.5 Å². The third-order valence-corrected chi connectivity index (χ3v) is 3.45. The lowest BCUT2D eigenvalue weighted by molar-refractivity contribution is 0.493. The van der Waals surface area contributed by atoms with Crippen LogP contribution in [0, 0.1) is 0 Å². The van der Waals surface area contributed by atoms with Crippen LogP contribution in [0.5, 0.6) is 0 Å². The molecule has 0 aromatic carbocycles. The molecule has 0 saturated heterocycles. The third kappa shape index (κ3) is 3.81. The Morgan fingerprint density at radius 3 is 2.84 bits per heavy atom. The van der Waals surface area contributed by atoms with E-state index in [1.165, 1.54) is 11.5 Å². The largest absolute Gasteiger partial charge is 0.420 e. The van der Waals surface area contributed by atoms with Gasteiger partial charge >= 0.3 is 0 Å². The van der Waals surface area contributed by atoms with Crippen LogP contribution in [-0.4, -0.2) is 32.9 Å². The van der Waals surface area contributed by atoms with Crippen molar-refractivity contribution in [1.82, 2.24) is 25.1 Å². The van der Waals surface area contributed by atoms with E-state index in [2.05, 4.69) is 38.9 Å². The highest BCUT2D eigenvalue weighted by Gasteiger charge is 2.16. The second-order valence-electron chi connectivity index (χ2n) is 4.26. The van der Waals surface area contributed by atoms with Crippen molar-refractivity contribution in [3.63, 3.8) is 0 Å². The second kappa shape index (κ2) is 7.30. The fraction of sp³-hybridized carbons (Fsp3) is 0.667. The number of aryl methyl sites for hydroxylation is 2. The van der Waals surface area contributed by atoms with E-state index in [0.717, 1.165) is 49.3 Å². The van der Waals surface area contributed by atoms with Crippen molar-refractivity contribution in [1.29, 1.82) is 0 Å². The predicted molar refractivity (Wildman–Crippen MR) is 74.1 cm³/mol. The summed E-state index contributed by atoms with van der Waals surface area (Å²) in [6.45, 7) is 6.17. The number of nitrogens with one attached hydrogen (secondary N) is 1. The van der Waals surface area contributed by atoms with Gasteiger partial charge in [-0.3, -0.25) is 0 Å². The lowest BCUT2D eigenvalue weighted by atomic mass is 10.2. The van der Waals surface area contributed by atoms with E-state index in [1.807, 2.05) is 0 Å². The van der Waals surface area contributed by atoms with Crippen molar-refractivity contribution in [2.75, 3.05) is 13.1 Å². The minimum Gasteiger partial charge on any atom is -0.420 e. The van der Waals surface area contributed by atoms with Gasteiger partial charge in [0.1, 0.15) is 4.88 Å². The highest BCUT2D eigenvalue weighted by molar-refractivity contribution is 7.09. The molecule has 7 heteroatoms. The second-order valence-corrected chi connectivity index (χ2v) is 5.01. The molecule has 0 spiro atoms. The summed E-state index contributed by atoms with van der Waals surface area (Å²) in [6, 6.07) is 0. The van der Waals surface area contributed by atoms with Crippen molar-refractivity contribution in [3.05, 3.63) is 11.6 Å². The number of rotatable bonds is 8. The van der Waals surface area contributed by atoms with Crippen molar-refractivity contribution in [3.8, 4) is 10.8 Å². The summed E-state index contributed by atoms with van der Waals surface area (Å²) in [4.78, 5) is 0.910. The molecule has 0 fully saturated rings. The summed E-state index contributed by atoms with van der Waals surface area (Å²) in [5.74, 6) is 1.24. The third-order valence-electron chi connectivity index (χ3n) is 2.70. The molecular formula is C12H19N5OS. The molecule has 6 nitrogen and oxygen atoms in total. The summed E-state index contributed by atoms with van der Waals surface area (Å²) < 4.78 is 9.64. The van der Waals surface area contributed by atoms with E-state index in [-0.39, 0.29) is 0 Å². The van der Waals surface area contributed by atoms with Gasteiger partial charge in [0, 0.05) is 6.42 Å². The monoisotopic (exact) mass is 281 g/mol. The van der Waals surface area contributed by atoms with E-state index in [0.29, 0.717) is 11.8 Å². The number of hydrogen-bond acceptors (Lipinski definition) is 7. The number of nitrogens with zero attached hydrogens (tertiary/aromatic N) is 4. The van der Waals surface area contributed by atoms with Gasteiger partial charge in [-0.15, -0.1) is 15.3 Å². The molecule has 2 heterocycles. The van der Waals surface area contributed by atoms with E-state index in [4.69, 9.17) is 4.42 Å². The first-order valence-corrected chi connectivity index (χ1v) is 7.47. The summed E-state index contributed by atoms with van der Waals surface area (Å²) in [7, 11) is 0. The molecule has 2 aromatic heterocycles. The molecule has 19 heavy (non-hydrogen) atoms. The molecule has 0 bridgehead atoms. The van der Waals surface area contributed by atoms with Crippen LogP contribution in [0.2, 0.25) is 0 Å². The normalized spacial score (nSPS) is 11.1. The quantitative estimate of drug-likeness (QED) is 0.747. The van der Waals surface area contributed by atoms with Crippen LogP contribution in [-0.2, 0) is 12.8 Å². The molecule has 0 saturated carbocycles. The number of hydrogen-bond donors (Lipinski definition) is 1. The van der Waals surface area contributed by atoms with Gasteiger partial charge in [-0.1, -0.05) is 24.8 Å². The highest BCUT2D eigenvalue weighted by atomic mass is 32.1. The van der Waals surface area contributed by atoms with Crippen LogP contribution in [0.3, 0.4) is 0 Å². The van der Waals surface area contributed by atoms with E-state index in [1.54, 1.807) is 0 Å². The van der Waals surface area contributed by atoms with Gasteiger partial charge in [-0.2, -0.15) is 0 Å². The topological polar surface area (TPSA) is 76.7 Å². The smallest absolute Gasteiger partial charge is 0.261 e. The lowest BCUT2D eigenvalue weighted by Gasteiger charge is -1.97. The SMILES string of the molecule is CCCc1nnsc1-c1nnc(CCCNCC)o1. The molecule has 2 rings (SSSR count). The van der Waals surface area contributed by atoms with E-state index >= 15 is 0 Å². The molecule has 0 radical (unpaired) electrons. The lowest BCUT2D eigenvalue weighted by Crippen LogP contribution is -2.14. The first kappa shape index (κ1) is 14.1. The fourth-order valence-corrected chi connectivity index (χ4v) is 2.39. The zero-order chi connectivity index (χ0) is 13.5. The van der Waals surface area contributed by atoms with Crippen LogP contribution >= 0.6 is 11.5 Å². The van der Waals surface area contributed by atoms with Crippen LogP contribution in [0.1, 0.15) is 38.3 Å². The van der Waals surface area contributed by atoms with Crippen LogP contribution < -0.4 is 5.32 Å². The summed E-state index contributed by atoms with van der Waals surface area (Å²) >= 11 is 1.32. The maximum atomic E-state index is 5.68. The zero-order valence-electron chi connectivity index (χ0n) is 11.3. The van der Waals surface area contributed by atoms with E-state index in [9.17, 15) is 0 Å². The molecule has 0 aliphatic heterocycles. The summed E-state index contributed by atoms with van der Waals surface area (Å²) in [5.41, 5.74) is 0.954. The fourth-order valence-electron chi connectivity index (χ4n) is 1.76. The van der Waals surface area contributed by atoms with Gasteiger partial charge < -0.3 is 9.73 Å². The van der Waals surface area contributed by atoms with Gasteiger partial charge in [0.05, 0.1) is 5.69 Å². The molecule has 1 N–H and O–H groups in total. The Morgan fingerprint density at radius 2 is 2.05 bits per heavy atom. The molecule has 0 aliphatic carbocycles. The number of aromatic nitrogens is 4. The Hall–Kier alpha value is -1.34. The zero-order valence-corrected chi connectivity index (χ0v) is 12.2. The molecular weight excluding hydrogens is 262 g/mol. The first-order valence-electron chi connectivity index (χ1n) is 6.69. The van der Waals surface area contributed by atoms with Crippen molar-refractivity contribution < 1.29 is 4.42 Å². The van der Waals surface area contributed by atoms with Gasteiger partial charge in [-0.25, -0.2) is 0 Å². The predicted octanol–water partition coefficient (Wildman–Crippen LogP) is 2.08. The molecule has 104 valence electrons. The van der Waals surface area contributed by atoms with Crippen molar-refractivity contribution >= 4 is 11.5 Å². The Kier molecular flexibility index (Phi) is 5.41. The summed E-state index contributed by atoms with van der Waals surface area (Å²) in [6.07, 6.45) is 3.72. The Bertz CT molecular complexity index is 496. The van der Waals surface area contributed by atoms with Crippen molar-refractivity contribution in [2.24, 2.45) is 0 Å². The maximum Gasteiger partial charge on any atom is 0.261 e. The van der Waals surface area contributed by atoms with Crippen LogP contribution in [0.25, 0.3) is 10.8 Å². The average molecular weight is 281 g/mol. The molecule has 0 amide bonds. The standard InChI is InChI=1S/C12H19N5OS/c1-3-6-9-11(19-17-14-9)12-16-15-10(18-12)7-5-8-13-4-2/h13H,3-8H2,1-2H3. The Morgan fingerprint density at radius 1 is 1.16 bits per heavy atom. The minimum atomic E-state index is 0.553. The first-order chi connectivity index (χ1) is 9.35. The minimum absolute atomic E-state index is 0.553. The van der Waals surface area contributed by atoms with Crippen LogP contribution in [0.4, 0.5) is 0 Å².